The van der Waals surface area contributed by atoms with E-state index in [2.05, 4.69) is 5.32 Å². The molecule has 7 heteroatoms. The maximum Gasteiger partial charge on any atom is 0.326 e. The van der Waals surface area contributed by atoms with Gasteiger partial charge < -0.3 is 16.2 Å². The number of aliphatic carboxylic acids is 1. The molecule has 0 unspecified atom stereocenters. The molecule has 0 bridgehead atoms. The van der Waals surface area contributed by atoms with E-state index < -0.39 is 36.3 Å². The van der Waals surface area contributed by atoms with Gasteiger partial charge in [0.05, 0.1) is 6.04 Å². The van der Waals surface area contributed by atoms with Gasteiger partial charge in [-0.2, -0.15) is 0 Å². The number of nitrogens with two attached hydrogens (primary N) is 1. The van der Waals surface area contributed by atoms with E-state index in [0.717, 1.165) is 11.6 Å². The van der Waals surface area contributed by atoms with Crippen molar-refractivity contribution in [1.82, 2.24) is 5.32 Å². The predicted molar refractivity (Wildman–Crippen MR) is 89.1 cm³/mol. The SMILES string of the molecule is N[C@@H](Cc1ccccc1)C(=O)N[C@@H](CC1=CCC(F)(F)C=C1)C(=O)O. The van der Waals surface area contributed by atoms with Crippen LogP contribution < -0.4 is 11.1 Å². The summed E-state index contributed by atoms with van der Waals surface area (Å²) in [5.41, 5.74) is 7.13. The Morgan fingerprint density at radius 3 is 2.48 bits per heavy atom. The molecular formula is C18H20F2N2O3. The summed E-state index contributed by atoms with van der Waals surface area (Å²) in [4.78, 5) is 23.5. The molecule has 4 N–H and O–H groups in total. The van der Waals surface area contributed by atoms with E-state index in [1.54, 1.807) is 0 Å². The molecule has 1 aromatic carbocycles. The Morgan fingerprint density at radius 1 is 1.24 bits per heavy atom. The smallest absolute Gasteiger partial charge is 0.326 e. The molecule has 2 atom stereocenters. The van der Waals surface area contributed by atoms with Gasteiger partial charge in [-0.3, -0.25) is 4.79 Å². The van der Waals surface area contributed by atoms with Crippen molar-refractivity contribution in [2.45, 2.75) is 37.3 Å². The fourth-order valence-corrected chi connectivity index (χ4v) is 2.46. The number of amides is 1. The van der Waals surface area contributed by atoms with E-state index in [0.29, 0.717) is 5.57 Å². The van der Waals surface area contributed by atoms with Crippen LogP contribution in [0.3, 0.4) is 0 Å². The van der Waals surface area contributed by atoms with Crippen molar-refractivity contribution in [3.05, 3.63) is 59.7 Å². The van der Waals surface area contributed by atoms with Crippen LogP contribution in [0, 0.1) is 0 Å². The summed E-state index contributed by atoms with van der Waals surface area (Å²) in [6.45, 7) is 0. The van der Waals surface area contributed by atoms with E-state index >= 15 is 0 Å². The van der Waals surface area contributed by atoms with Gasteiger partial charge in [0.1, 0.15) is 6.04 Å². The molecule has 1 aliphatic carbocycles. The first-order valence-electron chi connectivity index (χ1n) is 7.85. The third-order valence-electron chi connectivity index (χ3n) is 3.87. The molecule has 0 fully saturated rings. The molecule has 0 aliphatic heterocycles. The summed E-state index contributed by atoms with van der Waals surface area (Å²) >= 11 is 0. The number of benzene rings is 1. The summed E-state index contributed by atoms with van der Waals surface area (Å²) in [6, 6.07) is 6.99. The first-order chi connectivity index (χ1) is 11.8. The number of carboxylic acid groups (broad SMARTS) is 1. The number of allylic oxidation sites excluding steroid dienone is 3. The molecule has 0 heterocycles. The van der Waals surface area contributed by atoms with Crippen molar-refractivity contribution in [2.75, 3.05) is 0 Å². The standard InChI is InChI=1S/C18H20F2N2O3/c19-18(20)8-6-13(7-9-18)11-15(17(24)25)22-16(23)14(21)10-12-4-2-1-3-5-12/h1-8,14-15H,9-11,21H2,(H,22,23)(H,24,25)/t14-,15-/m0/s1. The fourth-order valence-electron chi connectivity index (χ4n) is 2.46. The first-order valence-corrected chi connectivity index (χ1v) is 7.85. The van der Waals surface area contributed by atoms with Gasteiger partial charge in [-0.1, -0.05) is 42.5 Å². The van der Waals surface area contributed by atoms with E-state index in [1.807, 2.05) is 30.3 Å². The Balaban J connectivity index is 1.94. The Hall–Kier alpha value is -2.54. The molecular weight excluding hydrogens is 330 g/mol. The number of carboxylic acids is 1. The second-order valence-corrected chi connectivity index (χ2v) is 5.98. The monoisotopic (exact) mass is 350 g/mol. The van der Waals surface area contributed by atoms with Crippen molar-refractivity contribution in [3.63, 3.8) is 0 Å². The zero-order chi connectivity index (χ0) is 18.4. The van der Waals surface area contributed by atoms with Gasteiger partial charge in [-0.05, 0) is 23.6 Å². The Kier molecular flexibility index (Phi) is 6.03. The Morgan fingerprint density at radius 2 is 1.92 bits per heavy atom. The second kappa shape index (κ2) is 8.02. The van der Waals surface area contributed by atoms with Gasteiger partial charge in [-0.15, -0.1) is 0 Å². The van der Waals surface area contributed by atoms with Crippen LogP contribution in [0.1, 0.15) is 18.4 Å². The number of carbonyl (C=O) groups is 2. The maximum absolute atomic E-state index is 13.1. The lowest BCUT2D eigenvalue weighted by Gasteiger charge is -2.20. The molecule has 0 spiro atoms. The molecule has 1 aromatic rings. The minimum atomic E-state index is -2.91. The summed E-state index contributed by atoms with van der Waals surface area (Å²) in [7, 11) is 0. The number of halogens is 2. The summed E-state index contributed by atoms with van der Waals surface area (Å²) in [5, 5.41) is 11.7. The van der Waals surface area contributed by atoms with E-state index in [-0.39, 0.29) is 12.8 Å². The highest BCUT2D eigenvalue weighted by Crippen LogP contribution is 2.27. The van der Waals surface area contributed by atoms with Gasteiger partial charge >= 0.3 is 5.97 Å². The molecule has 0 saturated carbocycles. The van der Waals surface area contributed by atoms with Crippen molar-refractivity contribution < 1.29 is 23.5 Å². The lowest BCUT2D eigenvalue weighted by molar-refractivity contribution is -0.141. The van der Waals surface area contributed by atoms with Crippen LogP contribution in [0.15, 0.2) is 54.1 Å². The van der Waals surface area contributed by atoms with E-state index in [4.69, 9.17) is 5.73 Å². The first kappa shape index (κ1) is 18.8. The van der Waals surface area contributed by atoms with Gasteiger partial charge in [-0.25, -0.2) is 13.6 Å². The molecule has 1 amide bonds. The summed E-state index contributed by atoms with van der Waals surface area (Å²) in [5.74, 6) is -4.75. The third kappa shape index (κ3) is 5.79. The second-order valence-electron chi connectivity index (χ2n) is 5.98. The molecule has 25 heavy (non-hydrogen) atoms. The molecule has 1 aliphatic rings. The van der Waals surface area contributed by atoms with Crippen LogP contribution >= 0.6 is 0 Å². The van der Waals surface area contributed by atoms with Crippen LogP contribution in [0.4, 0.5) is 8.78 Å². The fraction of sp³-hybridized carbons (Fsp3) is 0.333. The Bertz CT molecular complexity index is 687. The van der Waals surface area contributed by atoms with Crippen LogP contribution in [0.25, 0.3) is 0 Å². The van der Waals surface area contributed by atoms with Gasteiger partial charge in [0.25, 0.3) is 5.92 Å². The lowest BCUT2D eigenvalue weighted by atomic mass is 9.98. The normalized spacial score (nSPS) is 18.1. The largest absolute Gasteiger partial charge is 0.480 e. The van der Waals surface area contributed by atoms with E-state index in [9.17, 15) is 23.5 Å². The molecule has 134 valence electrons. The van der Waals surface area contributed by atoms with E-state index in [1.165, 1.54) is 12.2 Å². The zero-order valence-corrected chi connectivity index (χ0v) is 13.5. The highest BCUT2D eigenvalue weighted by molar-refractivity contribution is 5.87. The van der Waals surface area contributed by atoms with Crippen molar-refractivity contribution in [3.8, 4) is 0 Å². The molecule has 0 aromatic heterocycles. The van der Waals surface area contributed by atoms with Crippen molar-refractivity contribution >= 4 is 11.9 Å². The number of hydrogen-bond donors (Lipinski definition) is 3. The molecule has 0 radical (unpaired) electrons. The number of carbonyl (C=O) groups excluding carboxylic acids is 1. The average Bonchev–Trinajstić information content (AvgIpc) is 2.56. The van der Waals surface area contributed by atoms with Gasteiger partial charge in [0, 0.05) is 12.8 Å². The highest BCUT2D eigenvalue weighted by Gasteiger charge is 2.29. The molecule has 0 saturated heterocycles. The number of nitrogens with one attached hydrogen (secondary N) is 1. The summed E-state index contributed by atoms with van der Waals surface area (Å²) in [6.07, 6.45) is 2.93. The molecule has 5 nitrogen and oxygen atoms in total. The minimum absolute atomic E-state index is 0.0777. The number of alkyl halides is 2. The van der Waals surface area contributed by atoms with Gasteiger partial charge in [0.2, 0.25) is 5.91 Å². The van der Waals surface area contributed by atoms with Crippen LogP contribution in [-0.4, -0.2) is 35.0 Å². The highest BCUT2D eigenvalue weighted by atomic mass is 19.3. The topological polar surface area (TPSA) is 92.4 Å². The van der Waals surface area contributed by atoms with Crippen molar-refractivity contribution in [2.24, 2.45) is 5.73 Å². The molecule has 2 rings (SSSR count). The third-order valence-corrected chi connectivity index (χ3v) is 3.87. The van der Waals surface area contributed by atoms with Crippen LogP contribution in [0.2, 0.25) is 0 Å². The number of rotatable bonds is 7. The predicted octanol–water partition coefficient (Wildman–Crippen LogP) is 2.04. The van der Waals surface area contributed by atoms with Crippen LogP contribution in [0.5, 0.6) is 0 Å². The average molecular weight is 350 g/mol. The summed E-state index contributed by atoms with van der Waals surface area (Å²) < 4.78 is 26.1. The zero-order valence-electron chi connectivity index (χ0n) is 13.5. The number of hydrogen-bond acceptors (Lipinski definition) is 3. The lowest BCUT2D eigenvalue weighted by Crippen LogP contribution is -2.49. The van der Waals surface area contributed by atoms with Crippen molar-refractivity contribution in [1.29, 1.82) is 0 Å². The van der Waals surface area contributed by atoms with Crippen LogP contribution in [-0.2, 0) is 16.0 Å². The minimum Gasteiger partial charge on any atom is -0.480 e. The Labute approximate surface area is 144 Å². The van der Waals surface area contributed by atoms with Gasteiger partial charge in [0.15, 0.2) is 0 Å². The maximum atomic E-state index is 13.1. The quantitative estimate of drug-likeness (QED) is 0.702.